The number of carbonyl (C=O) groups excluding carboxylic acids is 1. The first-order chi connectivity index (χ1) is 10.6. The molecular weight excluding hydrogens is 310 g/mol. The van der Waals surface area contributed by atoms with E-state index in [-0.39, 0.29) is 29.7 Å². The third-order valence-corrected chi connectivity index (χ3v) is 3.32. The maximum absolute atomic E-state index is 13.4. The van der Waals surface area contributed by atoms with Gasteiger partial charge in [-0.3, -0.25) is 4.79 Å². The molecule has 0 fully saturated rings. The summed E-state index contributed by atoms with van der Waals surface area (Å²) in [5.41, 5.74) is 1.07. The van der Waals surface area contributed by atoms with Crippen molar-refractivity contribution in [2.75, 3.05) is 11.9 Å². The molecule has 0 radical (unpaired) electrons. The third kappa shape index (κ3) is 4.70. The Bertz CT molecular complexity index is 664. The molecule has 0 aliphatic carbocycles. The van der Waals surface area contributed by atoms with E-state index in [1.54, 1.807) is 24.3 Å². The van der Waals surface area contributed by atoms with Crippen LogP contribution in [0.2, 0.25) is 5.02 Å². The standard InChI is InChI=1S/C16H15ClF2N2O/c17-13-9-12(5-6-15(13)19)20-8-7-16(22)21-10-11-3-1-2-4-14(11)18/h1-6,9,20H,7-8,10H2,(H,21,22). The highest BCUT2D eigenvalue weighted by atomic mass is 35.5. The Kier molecular flexibility index (Phi) is 5.72. The summed E-state index contributed by atoms with van der Waals surface area (Å²) >= 11 is 5.66. The summed E-state index contributed by atoms with van der Waals surface area (Å²) in [5, 5.41) is 5.63. The van der Waals surface area contributed by atoms with Crippen LogP contribution in [0.1, 0.15) is 12.0 Å². The summed E-state index contributed by atoms with van der Waals surface area (Å²) in [4.78, 5) is 11.7. The van der Waals surface area contributed by atoms with E-state index in [0.717, 1.165) is 0 Å². The number of hydrogen-bond acceptors (Lipinski definition) is 2. The maximum atomic E-state index is 13.4. The lowest BCUT2D eigenvalue weighted by molar-refractivity contribution is -0.121. The molecule has 0 aliphatic heterocycles. The fourth-order valence-corrected chi connectivity index (χ4v) is 2.03. The predicted octanol–water partition coefficient (Wildman–Crippen LogP) is 3.74. The quantitative estimate of drug-likeness (QED) is 0.850. The van der Waals surface area contributed by atoms with Crippen molar-refractivity contribution < 1.29 is 13.6 Å². The topological polar surface area (TPSA) is 41.1 Å². The smallest absolute Gasteiger partial charge is 0.222 e. The van der Waals surface area contributed by atoms with Crippen molar-refractivity contribution in [2.24, 2.45) is 0 Å². The monoisotopic (exact) mass is 324 g/mol. The second-order valence-electron chi connectivity index (χ2n) is 4.67. The van der Waals surface area contributed by atoms with Crippen molar-refractivity contribution >= 4 is 23.2 Å². The summed E-state index contributed by atoms with van der Waals surface area (Å²) in [6, 6.07) is 10.5. The highest BCUT2D eigenvalue weighted by Gasteiger charge is 2.05. The van der Waals surface area contributed by atoms with Gasteiger partial charge in [-0.05, 0) is 24.3 Å². The minimum atomic E-state index is -0.491. The maximum Gasteiger partial charge on any atom is 0.222 e. The lowest BCUT2D eigenvalue weighted by Gasteiger charge is -2.08. The molecule has 2 rings (SSSR count). The van der Waals surface area contributed by atoms with Crippen molar-refractivity contribution in [1.82, 2.24) is 5.32 Å². The van der Waals surface area contributed by atoms with E-state index in [1.807, 2.05) is 0 Å². The van der Waals surface area contributed by atoms with Gasteiger partial charge >= 0.3 is 0 Å². The summed E-state index contributed by atoms with van der Waals surface area (Å²) in [7, 11) is 0. The zero-order valence-corrected chi connectivity index (χ0v) is 12.5. The lowest BCUT2D eigenvalue weighted by atomic mass is 10.2. The average Bonchev–Trinajstić information content (AvgIpc) is 2.50. The fourth-order valence-electron chi connectivity index (χ4n) is 1.85. The first-order valence-corrected chi connectivity index (χ1v) is 7.13. The van der Waals surface area contributed by atoms with Crippen LogP contribution in [0.4, 0.5) is 14.5 Å². The largest absolute Gasteiger partial charge is 0.384 e. The summed E-state index contributed by atoms with van der Waals surface area (Å²) in [6.07, 6.45) is 0.212. The summed E-state index contributed by atoms with van der Waals surface area (Å²) in [5.74, 6) is -1.04. The molecule has 1 amide bonds. The van der Waals surface area contributed by atoms with Crippen molar-refractivity contribution in [3.63, 3.8) is 0 Å². The minimum Gasteiger partial charge on any atom is -0.384 e. The number of benzene rings is 2. The van der Waals surface area contributed by atoms with Gasteiger partial charge in [0, 0.05) is 30.8 Å². The Balaban J connectivity index is 1.74. The van der Waals surface area contributed by atoms with Crippen LogP contribution in [0.25, 0.3) is 0 Å². The first-order valence-electron chi connectivity index (χ1n) is 6.75. The minimum absolute atomic E-state index is 0.0222. The van der Waals surface area contributed by atoms with Crippen molar-refractivity contribution in [3.05, 3.63) is 64.7 Å². The number of halogens is 3. The molecule has 0 aliphatic rings. The van der Waals surface area contributed by atoms with Gasteiger partial charge in [0.15, 0.2) is 0 Å². The molecule has 2 aromatic carbocycles. The first kappa shape index (κ1) is 16.2. The van der Waals surface area contributed by atoms with E-state index in [9.17, 15) is 13.6 Å². The summed E-state index contributed by atoms with van der Waals surface area (Å²) < 4.78 is 26.4. The van der Waals surface area contributed by atoms with Crippen LogP contribution in [0, 0.1) is 11.6 Å². The van der Waals surface area contributed by atoms with Crippen LogP contribution in [0.15, 0.2) is 42.5 Å². The molecule has 0 spiro atoms. The molecular formula is C16H15ClF2N2O. The number of hydrogen-bond donors (Lipinski definition) is 2. The van der Waals surface area contributed by atoms with Gasteiger partial charge in [-0.15, -0.1) is 0 Å². The van der Waals surface area contributed by atoms with Gasteiger partial charge in [-0.25, -0.2) is 8.78 Å². The van der Waals surface area contributed by atoms with Crippen molar-refractivity contribution in [3.8, 4) is 0 Å². The average molecular weight is 325 g/mol. The van der Waals surface area contributed by atoms with E-state index in [1.165, 1.54) is 18.2 Å². The molecule has 0 atom stereocenters. The van der Waals surface area contributed by atoms with Gasteiger partial charge in [-0.2, -0.15) is 0 Å². The van der Waals surface area contributed by atoms with Gasteiger partial charge in [0.1, 0.15) is 11.6 Å². The molecule has 0 unspecified atom stereocenters. The number of carbonyl (C=O) groups is 1. The van der Waals surface area contributed by atoms with E-state index in [0.29, 0.717) is 17.8 Å². The number of amides is 1. The van der Waals surface area contributed by atoms with Crippen LogP contribution >= 0.6 is 11.6 Å². The normalized spacial score (nSPS) is 10.3. The molecule has 0 heterocycles. The Morgan fingerprint density at radius 1 is 1.09 bits per heavy atom. The zero-order chi connectivity index (χ0) is 15.9. The molecule has 22 heavy (non-hydrogen) atoms. The van der Waals surface area contributed by atoms with Crippen LogP contribution < -0.4 is 10.6 Å². The SMILES string of the molecule is O=C(CCNc1ccc(F)c(Cl)c1)NCc1ccccc1F. The van der Waals surface area contributed by atoms with E-state index in [2.05, 4.69) is 10.6 Å². The Labute approximate surface area is 132 Å². The van der Waals surface area contributed by atoms with Crippen LogP contribution in [-0.4, -0.2) is 12.5 Å². The van der Waals surface area contributed by atoms with E-state index >= 15 is 0 Å². The van der Waals surface area contributed by atoms with Crippen LogP contribution in [0.3, 0.4) is 0 Å². The second kappa shape index (κ2) is 7.75. The molecule has 2 aromatic rings. The second-order valence-corrected chi connectivity index (χ2v) is 5.08. The van der Waals surface area contributed by atoms with Crippen LogP contribution in [0.5, 0.6) is 0 Å². The molecule has 0 aromatic heterocycles. The number of anilines is 1. The van der Waals surface area contributed by atoms with Gasteiger partial charge < -0.3 is 10.6 Å². The Hall–Kier alpha value is -2.14. The number of rotatable bonds is 6. The van der Waals surface area contributed by atoms with Gasteiger partial charge in [0.05, 0.1) is 5.02 Å². The molecule has 2 N–H and O–H groups in total. The fraction of sp³-hybridized carbons (Fsp3) is 0.188. The van der Waals surface area contributed by atoms with Gasteiger partial charge in [0.2, 0.25) is 5.91 Å². The van der Waals surface area contributed by atoms with E-state index in [4.69, 9.17) is 11.6 Å². The van der Waals surface area contributed by atoms with Crippen LogP contribution in [-0.2, 0) is 11.3 Å². The molecule has 0 bridgehead atoms. The van der Waals surface area contributed by atoms with E-state index < -0.39 is 5.82 Å². The zero-order valence-electron chi connectivity index (χ0n) is 11.7. The molecule has 0 saturated carbocycles. The molecule has 116 valence electrons. The van der Waals surface area contributed by atoms with Gasteiger partial charge in [-0.1, -0.05) is 29.8 Å². The lowest BCUT2D eigenvalue weighted by Crippen LogP contribution is -2.25. The number of nitrogens with one attached hydrogen (secondary N) is 2. The van der Waals surface area contributed by atoms with Crippen molar-refractivity contribution in [2.45, 2.75) is 13.0 Å². The Morgan fingerprint density at radius 3 is 2.59 bits per heavy atom. The molecule has 6 heteroatoms. The highest BCUT2D eigenvalue weighted by molar-refractivity contribution is 6.31. The highest BCUT2D eigenvalue weighted by Crippen LogP contribution is 2.19. The van der Waals surface area contributed by atoms with Gasteiger partial charge in [0.25, 0.3) is 0 Å². The Morgan fingerprint density at radius 2 is 1.86 bits per heavy atom. The molecule has 3 nitrogen and oxygen atoms in total. The van der Waals surface area contributed by atoms with Crippen molar-refractivity contribution in [1.29, 1.82) is 0 Å². The predicted molar refractivity (Wildman–Crippen MR) is 82.8 cm³/mol. The molecule has 0 saturated heterocycles. The summed E-state index contributed by atoms with van der Waals surface area (Å²) in [6.45, 7) is 0.513. The third-order valence-electron chi connectivity index (χ3n) is 3.03.